The van der Waals surface area contributed by atoms with Crippen LogP contribution in [-0.2, 0) is 12.8 Å². The predicted octanol–water partition coefficient (Wildman–Crippen LogP) is 2.41. The van der Waals surface area contributed by atoms with Crippen LogP contribution in [0.5, 0.6) is 5.75 Å². The second-order valence-electron chi connectivity index (χ2n) is 5.19. The first kappa shape index (κ1) is 14.6. The predicted molar refractivity (Wildman–Crippen MR) is 84.0 cm³/mol. The Balaban J connectivity index is 1.64. The van der Waals surface area contributed by atoms with Gasteiger partial charge in [-0.2, -0.15) is 0 Å². The van der Waals surface area contributed by atoms with Gasteiger partial charge in [-0.25, -0.2) is 0 Å². The minimum atomic E-state index is -0.548. The van der Waals surface area contributed by atoms with E-state index >= 15 is 0 Å². The summed E-state index contributed by atoms with van der Waals surface area (Å²) in [7, 11) is 0. The molecule has 6 heteroatoms. The van der Waals surface area contributed by atoms with Gasteiger partial charge in [-0.3, -0.25) is 20.4 Å². The molecule has 1 aliphatic rings. The standard InChI is InChI=1S/C16H16N2O3S/c19-12-7-3-2-6-11(12)15(20)17-18-16(21)14-9-10-5-1-4-8-13(10)22-14/h2-3,6-7,9,19H,1,4-5,8H2,(H,17,20)(H,18,21). The van der Waals surface area contributed by atoms with Crippen LogP contribution in [0.1, 0.15) is 43.3 Å². The minimum Gasteiger partial charge on any atom is -0.507 e. The lowest BCUT2D eigenvalue weighted by molar-refractivity contribution is 0.0847. The van der Waals surface area contributed by atoms with Gasteiger partial charge in [0.05, 0.1) is 10.4 Å². The number of aromatic hydroxyl groups is 1. The van der Waals surface area contributed by atoms with Crippen LogP contribution in [0.4, 0.5) is 0 Å². The molecule has 0 fully saturated rings. The maximum atomic E-state index is 12.1. The van der Waals surface area contributed by atoms with Gasteiger partial charge in [0.15, 0.2) is 0 Å². The molecule has 0 unspecified atom stereocenters. The summed E-state index contributed by atoms with van der Waals surface area (Å²) in [6, 6.07) is 8.08. The van der Waals surface area contributed by atoms with Crippen molar-refractivity contribution < 1.29 is 14.7 Å². The first-order valence-electron chi connectivity index (χ1n) is 7.15. The molecule has 2 aromatic rings. The van der Waals surface area contributed by atoms with Gasteiger partial charge in [-0.1, -0.05) is 12.1 Å². The van der Waals surface area contributed by atoms with Gasteiger partial charge in [0.2, 0.25) is 0 Å². The lowest BCUT2D eigenvalue weighted by Gasteiger charge is -2.08. The third-order valence-electron chi connectivity index (χ3n) is 3.66. The van der Waals surface area contributed by atoms with E-state index in [0.717, 1.165) is 19.3 Å². The molecule has 5 nitrogen and oxygen atoms in total. The molecule has 0 atom stereocenters. The van der Waals surface area contributed by atoms with E-state index < -0.39 is 5.91 Å². The van der Waals surface area contributed by atoms with E-state index in [0.29, 0.717) is 4.88 Å². The zero-order chi connectivity index (χ0) is 15.5. The number of nitrogens with one attached hydrogen (secondary N) is 2. The van der Waals surface area contributed by atoms with Crippen LogP contribution in [0, 0.1) is 0 Å². The third-order valence-corrected chi connectivity index (χ3v) is 4.89. The van der Waals surface area contributed by atoms with Crippen LogP contribution >= 0.6 is 11.3 Å². The number of hydrogen-bond acceptors (Lipinski definition) is 4. The molecule has 0 saturated heterocycles. The lowest BCUT2D eigenvalue weighted by Crippen LogP contribution is -2.41. The first-order chi connectivity index (χ1) is 10.6. The zero-order valence-electron chi connectivity index (χ0n) is 11.9. The highest BCUT2D eigenvalue weighted by molar-refractivity contribution is 7.14. The first-order valence-corrected chi connectivity index (χ1v) is 7.97. The Hall–Kier alpha value is -2.34. The molecule has 3 rings (SSSR count). The highest BCUT2D eigenvalue weighted by Crippen LogP contribution is 2.29. The number of benzene rings is 1. The maximum absolute atomic E-state index is 12.1. The van der Waals surface area contributed by atoms with Crippen molar-refractivity contribution in [2.75, 3.05) is 0 Å². The van der Waals surface area contributed by atoms with Crippen molar-refractivity contribution in [3.05, 3.63) is 51.2 Å². The SMILES string of the molecule is O=C(NNC(=O)c1ccccc1O)c1cc2c(s1)CCCC2. The molecule has 0 spiro atoms. The number of amides is 2. The van der Waals surface area contributed by atoms with Crippen molar-refractivity contribution in [2.24, 2.45) is 0 Å². The Bertz CT molecular complexity index is 700. The Morgan fingerprint density at radius 2 is 1.77 bits per heavy atom. The van der Waals surface area contributed by atoms with Crippen LogP contribution in [-0.4, -0.2) is 16.9 Å². The fourth-order valence-corrected chi connectivity index (χ4v) is 3.66. The van der Waals surface area contributed by atoms with Gasteiger partial charge in [0, 0.05) is 4.88 Å². The molecule has 0 saturated carbocycles. The van der Waals surface area contributed by atoms with Crippen molar-refractivity contribution in [3.8, 4) is 5.75 Å². The number of aryl methyl sites for hydroxylation is 2. The fourth-order valence-electron chi connectivity index (χ4n) is 2.51. The number of hydrazine groups is 1. The van der Waals surface area contributed by atoms with Crippen molar-refractivity contribution in [2.45, 2.75) is 25.7 Å². The molecular weight excluding hydrogens is 300 g/mol. The zero-order valence-corrected chi connectivity index (χ0v) is 12.7. The summed E-state index contributed by atoms with van der Waals surface area (Å²) in [5.41, 5.74) is 6.08. The number of phenols is 1. The Kier molecular flexibility index (Phi) is 4.11. The van der Waals surface area contributed by atoms with Crippen LogP contribution in [0.2, 0.25) is 0 Å². The van der Waals surface area contributed by atoms with Gasteiger partial charge in [-0.15, -0.1) is 11.3 Å². The number of carbonyl (C=O) groups excluding carboxylic acids is 2. The molecule has 0 bridgehead atoms. The Labute approximate surface area is 131 Å². The van der Waals surface area contributed by atoms with Crippen LogP contribution < -0.4 is 10.9 Å². The number of rotatable bonds is 2. The summed E-state index contributed by atoms with van der Waals surface area (Å²) in [6.07, 6.45) is 4.37. The molecule has 2 amide bonds. The summed E-state index contributed by atoms with van der Waals surface area (Å²) in [5.74, 6) is -1.00. The number of carbonyl (C=O) groups is 2. The molecule has 3 N–H and O–H groups in total. The molecule has 1 aliphatic carbocycles. The normalized spacial score (nSPS) is 13.3. The van der Waals surface area contributed by atoms with Gasteiger partial charge >= 0.3 is 0 Å². The molecule has 1 heterocycles. The maximum Gasteiger partial charge on any atom is 0.279 e. The van der Waals surface area contributed by atoms with Crippen LogP contribution in [0.25, 0.3) is 0 Å². The molecule has 0 aliphatic heterocycles. The minimum absolute atomic E-state index is 0.119. The molecule has 0 radical (unpaired) electrons. The van der Waals surface area contributed by atoms with E-state index in [4.69, 9.17) is 0 Å². The van der Waals surface area contributed by atoms with E-state index in [1.807, 2.05) is 6.07 Å². The van der Waals surface area contributed by atoms with E-state index in [9.17, 15) is 14.7 Å². The Morgan fingerprint density at radius 3 is 2.55 bits per heavy atom. The number of thiophene rings is 1. The van der Waals surface area contributed by atoms with E-state index in [1.165, 1.54) is 40.3 Å². The quantitative estimate of drug-likeness (QED) is 0.745. The summed E-state index contributed by atoms with van der Waals surface area (Å²) in [6.45, 7) is 0. The van der Waals surface area contributed by atoms with Crippen LogP contribution in [0.15, 0.2) is 30.3 Å². The van der Waals surface area contributed by atoms with Crippen molar-refractivity contribution in [3.63, 3.8) is 0 Å². The van der Waals surface area contributed by atoms with E-state index in [2.05, 4.69) is 10.9 Å². The van der Waals surface area contributed by atoms with Gasteiger partial charge in [0.1, 0.15) is 5.75 Å². The highest BCUT2D eigenvalue weighted by atomic mass is 32.1. The number of phenolic OH excluding ortho intramolecular Hbond substituents is 1. The third kappa shape index (κ3) is 2.96. The van der Waals surface area contributed by atoms with Crippen molar-refractivity contribution in [1.82, 2.24) is 10.9 Å². The molecule has 114 valence electrons. The largest absolute Gasteiger partial charge is 0.507 e. The van der Waals surface area contributed by atoms with Crippen molar-refractivity contribution in [1.29, 1.82) is 0 Å². The van der Waals surface area contributed by atoms with E-state index in [1.54, 1.807) is 12.1 Å². The summed E-state index contributed by atoms with van der Waals surface area (Å²) in [4.78, 5) is 25.9. The smallest absolute Gasteiger partial charge is 0.279 e. The van der Waals surface area contributed by atoms with E-state index in [-0.39, 0.29) is 17.2 Å². The monoisotopic (exact) mass is 316 g/mol. The van der Waals surface area contributed by atoms with Crippen molar-refractivity contribution >= 4 is 23.2 Å². The summed E-state index contributed by atoms with van der Waals surface area (Å²) in [5, 5.41) is 9.60. The molecular formula is C16H16N2O3S. The van der Waals surface area contributed by atoms with Gasteiger partial charge in [0.25, 0.3) is 11.8 Å². The lowest BCUT2D eigenvalue weighted by atomic mass is 9.99. The molecule has 22 heavy (non-hydrogen) atoms. The number of fused-ring (bicyclic) bond motifs is 1. The number of para-hydroxylation sites is 1. The van der Waals surface area contributed by atoms with Crippen LogP contribution in [0.3, 0.4) is 0 Å². The average molecular weight is 316 g/mol. The second-order valence-corrected chi connectivity index (χ2v) is 6.33. The molecule has 1 aromatic heterocycles. The van der Waals surface area contributed by atoms with Gasteiger partial charge < -0.3 is 5.11 Å². The Morgan fingerprint density at radius 1 is 1.05 bits per heavy atom. The molecule has 1 aromatic carbocycles. The fraction of sp³-hybridized carbons (Fsp3) is 0.250. The second kappa shape index (κ2) is 6.19. The number of hydrogen-bond donors (Lipinski definition) is 3. The highest BCUT2D eigenvalue weighted by Gasteiger charge is 2.18. The van der Waals surface area contributed by atoms with Gasteiger partial charge in [-0.05, 0) is 49.4 Å². The summed E-state index contributed by atoms with van der Waals surface area (Å²) < 4.78 is 0. The average Bonchev–Trinajstić information content (AvgIpc) is 2.97. The topological polar surface area (TPSA) is 78.4 Å². The summed E-state index contributed by atoms with van der Waals surface area (Å²) >= 11 is 1.48.